The number of aliphatic carboxylic acids is 1. The maximum absolute atomic E-state index is 13.2. The quantitative estimate of drug-likeness (QED) is 0.0890. The lowest BCUT2D eigenvalue weighted by Gasteiger charge is -2.42. The summed E-state index contributed by atoms with van der Waals surface area (Å²) in [5, 5.41) is 10.8. The first-order valence-corrected chi connectivity index (χ1v) is 17.8. The molecule has 4 aliphatic rings. The van der Waals surface area contributed by atoms with E-state index in [-0.39, 0.29) is 0 Å². The molecule has 248 valence electrons. The summed E-state index contributed by atoms with van der Waals surface area (Å²) >= 11 is 0. The van der Waals surface area contributed by atoms with Crippen LogP contribution in [0, 0.1) is 11.8 Å². The summed E-state index contributed by atoms with van der Waals surface area (Å²) < 4.78 is 36.8. The van der Waals surface area contributed by atoms with Gasteiger partial charge in [0.1, 0.15) is 6.10 Å². The molecule has 0 aromatic rings. The lowest BCUT2D eigenvalue weighted by molar-refractivity contribution is -0.386. The Labute approximate surface area is 260 Å². The maximum atomic E-state index is 13.2. The van der Waals surface area contributed by atoms with Crippen LogP contribution in [0.3, 0.4) is 0 Å². The highest BCUT2D eigenvalue weighted by Gasteiger charge is 2.54. The van der Waals surface area contributed by atoms with Gasteiger partial charge < -0.3 is 33.5 Å². The molecule has 8 heteroatoms. The summed E-state index contributed by atoms with van der Waals surface area (Å²) in [6, 6.07) is 0. The van der Waals surface area contributed by atoms with E-state index in [9.17, 15) is 9.90 Å². The Morgan fingerprint density at radius 3 is 1.91 bits per heavy atom. The number of rotatable bonds is 19. The van der Waals surface area contributed by atoms with Gasteiger partial charge in [-0.25, -0.2) is 4.79 Å². The minimum Gasteiger partial charge on any atom is -0.477 e. The third-order valence-corrected chi connectivity index (χ3v) is 9.77. The molecule has 3 heterocycles. The van der Waals surface area contributed by atoms with Crippen molar-refractivity contribution >= 4 is 5.97 Å². The highest BCUT2D eigenvalue weighted by molar-refractivity contribution is 5.76. The van der Waals surface area contributed by atoms with Crippen LogP contribution in [-0.2, 0) is 33.2 Å². The fourth-order valence-corrected chi connectivity index (χ4v) is 7.20. The standard InChI is InChI=1S/C35H60O8/c1-2-3-4-5-6-7-17-28-19-16-20-29(28)18-8-9-21-30(41-31-22-10-13-25-38-31)35(34(36)37,42-32-23-11-14-26-39-32)43-33-24-12-15-27-40-33/h8-9,28-33H,2-7,10-27H2,1H3,(H,36,37)/t28-,29-,30?,31?,32?,33?,35?/m0/s1. The molecule has 4 fully saturated rings. The molecule has 0 radical (unpaired) electrons. The highest BCUT2D eigenvalue weighted by Crippen LogP contribution is 2.38. The van der Waals surface area contributed by atoms with Crippen molar-refractivity contribution in [3.05, 3.63) is 12.2 Å². The first kappa shape index (κ1) is 34.8. The van der Waals surface area contributed by atoms with Gasteiger partial charge in [0.15, 0.2) is 18.9 Å². The molecule has 1 saturated carbocycles. The van der Waals surface area contributed by atoms with Crippen LogP contribution >= 0.6 is 0 Å². The Morgan fingerprint density at radius 1 is 0.744 bits per heavy atom. The van der Waals surface area contributed by atoms with Gasteiger partial charge in [-0.15, -0.1) is 0 Å². The average molecular weight is 609 g/mol. The van der Waals surface area contributed by atoms with E-state index in [1.807, 2.05) is 0 Å². The van der Waals surface area contributed by atoms with Crippen molar-refractivity contribution in [3.8, 4) is 0 Å². The molecule has 0 bridgehead atoms. The van der Waals surface area contributed by atoms with Gasteiger partial charge in [0, 0.05) is 19.8 Å². The van der Waals surface area contributed by atoms with Gasteiger partial charge in [0.2, 0.25) is 0 Å². The lowest BCUT2D eigenvalue weighted by Crippen LogP contribution is -2.60. The number of carboxylic acids is 1. The fourth-order valence-electron chi connectivity index (χ4n) is 7.20. The molecule has 6 atom stereocenters. The van der Waals surface area contributed by atoms with Gasteiger partial charge in [-0.2, -0.15) is 0 Å². The topological polar surface area (TPSA) is 92.7 Å². The summed E-state index contributed by atoms with van der Waals surface area (Å²) in [5.74, 6) is -1.77. The van der Waals surface area contributed by atoms with E-state index in [4.69, 9.17) is 28.4 Å². The largest absolute Gasteiger partial charge is 0.477 e. The third kappa shape index (κ3) is 11.4. The molecule has 1 N–H and O–H groups in total. The summed E-state index contributed by atoms with van der Waals surface area (Å²) in [6.07, 6.45) is 23.9. The molecule has 3 saturated heterocycles. The molecule has 8 nitrogen and oxygen atoms in total. The molecule has 0 aromatic heterocycles. The van der Waals surface area contributed by atoms with E-state index in [0.29, 0.717) is 45.0 Å². The number of ether oxygens (including phenoxy) is 6. The zero-order valence-electron chi connectivity index (χ0n) is 26.9. The van der Waals surface area contributed by atoms with Crippen molar-refractivity contribution in [1.82, 2.24) is 0 Å². The van der Waals surface area contributed by atoms with Crippen LogP contribution in [0.5, 0.6) is 0 Å². The lowest BCUT2D eigenvalue weighted by atomic mass is 9.88. The van der Waals surface area contributed by atoms with Crippen molar-refractivity contribution in [2.45, 2.75) is 173 Å². The Morgan fingerprint density at radius 2 is 1.33 bits per heavy atom. The molecular formula is C35H60O8. The summed E-state index contributed by atoms with van der Waals surface area (Å²) in [4.78, 5) is 13.2. The van der Waals surface area contributed by atoms with Crippen LogP contribution in [-0.4, -0.2) is 61.7 Å². The number of unbranched alkanes of at least 4 members (excludes halogenated alkanes) is 5. The molecule has 0 spiro atoms. The van der Waals surface area contributed by atoms with Crippen molar-refractivity contribution in [2.75, 3.05) is 19.8 Å². The van der Waals surface area contributed by atoms with Crippen LogP contribution in [0.1, 0.15) is 142 Å². The summed E-state index contributed by atoms with van der Waals surface area (Å²) in [6.45, 7) is 3.96. The predicted octanol–water partition coefficient (Wildman–Crippen LogP) is 8.27. The Kier molecular flexibility index (Phi) is 15.8. The van der Waals surface area contributed by atoms with Crippen molar-refractivity contribution < 1.29 is 38.3 Å². The molecule has 1 aliphatic carbocycles. The highest BCUT2D eigenvalue weighted by atomic mass is 16.8. The number of carbonyl (C=O) groups is 1. The molecule has 4 unspecified atom stereocenters. The SMILES string of the molecule is CCCCCCCC[C@H]1CCC[C@@H]1CC=CCC(OC1CCCCO1)C(OC1CCCCO1)(OC1CCCCO1)C(=O)O. The Bertz CT molecular complexity index is 765. The van der Waals surface area contributed by atoms with E-state index < -0.39 is 36.7 Å². The van der Waals surface area contributed by atoms with E-state index in [1.165, 1.54) is 64.2 Å². The number of allylic oxidation sites excluding steroid dienone is 1. The third-order valence-electron chi connectivity index (χ3n) is 9.77. The summed E-state index contributed by atoms with van der Waals surface area (Å²) in [5.41, 5.74) is 0. The van der Waals surface area contributed by atoms with E-state index in [2.05, 4.69) is 19.1 Å². The second-order valence-electron chi connectivity index (χ2n) is 13.2. The Balaban J connectivity index is 1.44. The van der Waals surface area contributed by atoms with Crippen LogP contribution in [0.2, 0.25) is 0 Å². The van der Waals surface area contributed by atoms with Crippen molar-refractivity contribution in [3.63, 3.8) is 0 Å². The first-order chi connectivity index (χ1) is 21.1. The van der Waals surface area contributed by atoms with Gasteiger partial charge >= 0.3 is 11.8 Å². The van der Waals surface area contributed by atoms with Crippen LogP contribution in [0.4, 0.5) is 0 Å². The van der Waals surface area contributed by atoms with Crippen molar-refractivity contribution in [1.29, 1.82) is 0 Å². The van der Waals surface area contributed by atoms with E-state index >= 15 is 0 Å². The molecule has 43 heavy (non-hydrogen) atoms. The maximum Gasteiger partial charge on any atom is 0.367 e. The zero-order chi connectivity index (χ0) is 30.2. The number of hydrogen-bond donors (Lipinski definition) is 1. The van der Waals surface area contributed by atoms with Gasteiger partial charge in [-0.3, -0.25) is 0 Å². The molecule has 0 aromatic carbocycles. The number of carboxylic acid groups (broad SMARTS) is 1. The minimum absolute atomic E-state index is 0.348. The fraction of sp³-hybridized carbons (Fsp3) is 0.914. The molecular weight excluding hydrogens is 548 g/mol. The molecule has 0 amide bonds. The minimum atomic E-state index is -2.07. The van der Waals surface area contributed by atoms with Gasteiger partial charge in [-0.05, 0) is 88.9 Å². The van der Waals surface area contributed by atoms with Crippen molar-refractivity contribution in [2.24, 2.45) is 11.8 Å². The number of hydrogen-bond acceptors (Lipinski definition) is 7. The monoisotopic (exact) mass is 608 g/mol. The van der Waals surface area contributed by atoms with Crippen LogP contribution in [0.15, 0.2) is 12.2 Å². The predicted molar refractivity (Wildman–Crippen MR) is 165 cm³/mol. The zero-order valence-corrected chi connectivity index (χ0v) is 26.9. The average Bonchev–Trinajstić information content (AvgIpc) is 3.48. The van der Waals surface area contributed by atoms with Crippen LogP contribution in [0.25, 0.3) is 0 Å². The molecule has 3 aliphatic heterocycles. The van der Waals surface area contributed by atoms with Gasteiger partial charge in [-0.1, -0.05) is 76.9 Å². The van der Waals surface area contributed by atoms with E-state index in [1.54, 1.807) is 0 Å². The van der Waals surface area contributed by atoms with Crippen LogP contribution < -0.4 is 0 Å². The second-order valence-corrected chi connectivity index (χ2v) is 13.2. The summed E-state index contributed by atoms with van der Waals surface area (Å²) in [7, 11) is 0. The normalized spacial score (nSPS) is 30.8. The first-order valence-electron chi connectivity index (χ1n) is 17.8. The second kappa shape index (κ2) is 19.5. The Hall–Kier alpha value is -1.03. The van der Waals surface area contributed by atoms with Gasteiger partial charge in [0.25, 0.3) is 0 Å². The van der Waals surface area contributed by atoms with Gasteiger partial charge in [0.05, 0.1) is 0 Å². The van der Waals surface area contributed by atoms with E-state index in [0.717, 1.165) is 57.3 Å². The smallest absolute Gasteiger partial charge is 0.367 e. The molecule has 4 rings (SSSR count).